The molecular weight excluding hydrogens is 302 g/mol. The molecule has 0 atom stereocenters. The molecule has 0 aromatic carbocycles. The minimum atomic E-state index is -3.31. The van der Waals surface area contributed by atoms with Crippen molar-refractivity contribution in [1.82, 2.24) is 4.72 Å². The Bertz CT molecular complexity index is 492. The molecule has 4 nitrogen and oxygen atoms in total. The van der Waals surface area contributed by atoms with Gasteiger partial charge >= 0.3 is 0 Å². The van der Waals surface area contributed by atoms with Crippen LogP contribution in [0.5, 0.6) is 0 Å². The van der Waals surface area contributed by atoms with Crippen molar-refractivity contribution in [1.29, 1.82) is 0 Å². The molecule has 1 aromatic rings. The molecule has 0 saturated carbocycles. The van der Waals surface area contributed by atoms with Crippen molar-refractivity contribution in [3.05, 3.63) is 17.0 Å². The molecule has 19 heavy (non-hydrogen) atoms. The zero-order valence-electron chi connectivity index (χ0n) is 10.9. The number of thioether (sulfide) groups is 1. The maximum absolute atomic E-state index is 12.0. The van der Waals surface area contributed by atoms with Gasteiger partial charge in [0.25, 0.3) is 0 Å². The van der Waals surface area contributed by atoms with Gasteiger partial charge in [-0.05, 0) is 31.9 Å². The zero-order chi connectivity index (χ0) is 13.7. The minimum Gasteiger partial charge on any atom is -0.381 e. The maximum atomic E-state index is 12.0. The molecule has 0 aliphatic carbocycles. The van der Waals surface area contributed by atoms with Crippen molar-refractivity contribution in [2.75, 3.05) is 25.5 Å². The predicted octanol–water partition coefficient (Wildman–Crippen LogP) is 2.25. The lowest BCUT2D eigenvalue weighted by molar-refractivity contribution is 0.100. The van der Waals surface area contributed by atoms with E-state index in [9.17, 15) is 8.42 Å². The Morgan fingerprint density at radius 3 is 2.79 bits per heavy atom. The number of ether oxygens (including phenoxy) is 1. The predicted molar refractivity (Wildman–Crippen MR) is 80.5 cm³/mol. The van der Waals surface area contributed by atoms with Crippen LogP contribution in [-0.4, -0.2) is 39.2 Å². The smallest absolute Gasteiger partial charge is 0.250 e. The monoisotopic (exact) mass is 321 g/mol. The van der Waals surface area contributed by atoms with Gasteiger partial charge in [0.15, 0.2) is 0 Å². The molecule has 2 heterocycles. The summed E-state index contributed by atoms with van der Waals surface area (Å²) >= 11 is 3.14. The average Bonchev–Trinajstić information content (AvgIpc) is 2.84. The van der Waals surface area contributed by atoms with E-state index in [1.54, 1.807) is 6.07 Å². The molecule has 1 aliphatic heterocycles. The number of aryl methyl sites for hydroxylation is 1. The first-order chi connectivity index (χ1) is 9.08. The van der Waals surface area contributed by atoms with E-state index in [1.165, 1.54) is 11.3 Å². The fourth-order valence-electron chi connectivity index (χ4n) is 1.87. The number of rotatable bonds is 6. The van der Waals surface area contributed by atoms with Crippen LogP contribution in [0.4, 0.5) is 0 Å². The van der Waals surface area contributed by atoms with Crippen LogP contribution in [0, 0.1) is 6.92 Å². The molecule has 1 saturated heterocycles. The summed E-state index contributed by atoms with van der Waals surface area (Å²) in [6.07, 6.45) is 2.14. The summed E-state index contributed by atoms with van der Waals surface area (Å²) < 4.78 is 32.3. The highest BCUT2D eigenvalue weighted by Gasteiger charge is 2.17. The third kappa shape index (κ3) is 4.75. The lowest BCUT2D eigenvalue weighted by Crippen LogP contribution is -2.26. The summed E-state index contributed by atoms with van der Waals surface area (Å²) in [6, 6.07) is 3.49. The van der Waals surface area contributed by atoms with Crippen molar-refractivity contribution >= 4 is 33.1 Å². The van der Waals surface area contributed by atoms with Gasteiger partial charge in [0.2, 0.25) is 10.0 Å². The van der Waals surface area contributed by atoms with E-state index in [0.717, 1.165) is 36.7 Å². The summed E-state index contributed by atoms with van der Waals surface area (Å²) in [6.45, 7) is 4.06. The van der Waals surface area contributed by atoms with E-state index < -0.39 is 10.0 Å². The van der Waals surface area contributed by atoms with E-state index >= 15 is 0 Å². The Hall–Kier alpha value is -0.0800. The van der Waals surface area contributed by atoms with Gasteiger partial charge < -0.3 is 4.74 Å². The Morgan fingerprint density at radius 2 is 2.16 bits per heavy atom. The highest BCUT2D eigenvalue weighted by atomic mass is 32.2. The topological polar surface area (TPSA) is 55.4 Å². The summed E-state index contributed by atoms with van der Waals surface area (Å²) in [5.74, 6) is 0.814. The van der Waals surface area contributed by atoms with Crippen molar-refractivity contribution in [3.63, 3.8) is 0 Å². The summed E-state index contributed by atoms with van der Waals surface area (Å²) in [7, 11) is -3.31. The zero-order valence-corrected chi connectivity index (χ0v) is 13.4. The lowest BCUT2D eigenvalue weighted by Gasteiger charge is -2.21. The van der Waals surface area contributed by atoms with E-state index in [-0.39, 0.29) is 0 Å². The average molecular weight is 321 g/mol. The molecule has 108 valence electrons. The number of hydrogen-bond donors (Lipinski definition) is 1. The Balaban J connectivity index is 1.72. The van der Waals surface area contributed by atoms with Gasteiger partial charge in [-0.15, -0.1) is 11.3 Å². The third-order valence-corrected chi connectivity index (χ3v) is 7.23. The molecule has 1 fully saturated rings. The third-order valence-electron chi connectivity index (χ3n) is 2.90. The Morgan fingerprint density at radius 1 is 1.42 bits per heavy atom. The normalized spacial score (nSPS) is 17.7. The van der Waals surface area contributed by atoms with Crippen molar-refractivity contribution < 1.29 is 13.2 Å². The van der Waals surface area contributed by atoms with Gasteiger partial charge in [-0.1, -0.05) is 0 Å². The molecule has 1 aromatic heterocycles. The fraction of sp³-hybridized carbons (Fsp3) is 0.667. The summed E-state index contributed by atoms with van der Waals surface area (Å²) in [5, 5.41) is 0.613. The van der Waals surface area contributed by atoms with Crippen LogP contribution in [0.25, 0.3) is 0 Å². The van der Waals surface area contributed by atoms with Crippen LogP contribution in [-0.2, 0) is 14.8 Å². The van der Waals surface area contributed by atoms with Crippen LogP contribution in [0.2, 0.25) is 0 Å². The van der Waals surface area contributed by atoms with E-state index in [1.807, 2.05) is 24.8 Å². The summed E-state index contributed by atoms with van der Waals surface area (Å²) in [4.78, 5) is 1.01. The first-order valence-electron chi connectivity index (χ1n) is 6.33. The molecule has 1 N–H and O–H groups in total. The second-order valence-electron chi connectivity index (χ2n) is 4.45. The van der Waals surface area contributed by atoms with Crippen molar-refractivity contribution in [3.8, 4) is 0 Å². The van der Waals surface area contributed by atoms with Crippen LogP contribution < -0.4 is 4.72 Å². The molecular formula is C12H19NO3S3. The molecule has 0 radical (unpaired) electrons. The SMILES string of the molecule is Cc1ccc(S(=O)(=O)NCCSC2CCOCC2)s1. The van der Waals surface area contributed by atoms with Gasteiger partial charge in [0.05, 0.1) is 0 Å². The molecule has 0 unspecified atom stereocenters. The van der Waals surface area contributed by atoms with Crippen molar-refractivity contribution in [2.45, 2.75) is 29.2 Å². The quantitative estimate of drug-likeness (QED) is 0.817. The fourth-order valence-corrected chi connectivity index (χ4v) is 5.44. The molecule has 2 rings (SSSR count). The van der Waals surface area contributed by atoms with E-state index in [2.05, 4.69) is 4.72 Å². The Labute approximate surface area is 123 Å². The van der Waals surface area contributed by atoms with Gasteiger partial charge in [-0.2, -0.15) is 11.8 Å². The highest BCUT2D eigenvalue weighted by molar-refractivity contribution is 8.00. The van der Waals surface area contributed by atoms with E-state index in [0.29, 0.717) is 16.0 Å². The van der Waals surface area contributed by atoms with Gasteiger partial charge in [0.1, 0.15) is 4.21 Å². The Kier molecular flexibility index (Phi) is 5.70. The van der Waals surface area contributed by atoms with Crippen molar-refractivity contribution in [2.24, 2.45) is 0 Å². The van der Waals surface area contributed by atoms with Crippen LogP contribution >= 0.6 is 23.1 Å². The molecule has 0 spiro atoms. The lowest BCUT2D eigenvalue weighted by atomic mass is 10.2. The second kappa shape index (κ2) is 7.08. The first kappa shape index (κ1) is 15.3. The number of nitrogens with one attached hydrogen (secondary N) is 1. The highest BCUT2D eigenvalue weighted by Crippen LogP contribution is 2.22. The second-order valence-corrected chi connectivity index (χ2v) is 9.14. The maximum Gasteiger partial charge on any atom is 0.250 e. The standard InChI is InChI=1S/C12H19NO3S3/c1-10-2-3-12(18-10)19(14,15)13-6-9-17-11-4-7-16-8-5-11/h2-3,11,13H,4-9H2,1H3. The number of thiophene rings is 1. The van der Waals surface area contributed by atoms with Crippen LogP contribution in [0.3, 0.4) is 0 Å². The summed E-state index contributed by atoms with van der Waals surface area (Å²) in [5.41, 5.74) is 0. The van der Waals surface area contributed by atoms with Crippen LogP contribution in [0.15, 0.2) is 16.3 Å². The largest absolute Gasteiger partial charge is 0.381 e. The molecule has 7 heteroatoms. The van der Waals surface area contributed by atoms with Gasteiger partial charge in [0, 0.05) is 35.6 Å². The molecule has 1 aliphatic rings. The van der Waals surface area contributed by atoms with Gasteiger partial charge in [-0.25, -0.2) is 13.1 Å². The molecule has 0 amide bonds. The van der Waals surface area contributed by atoms with E-state index in [4.69, 9.17) is 4.74 Å². The van der Waals surface area contributed by atoms with Crippen LogP contribution in [0.1, 0.15) is 17.7 Å². The van der Waals surface area contributed by atoms with Gasteiger partial charge in [-0.3, -0.25) is 0 Å². The molecule has 0 bridgehead atoms. The first-order valence-corrected chi connectivity index (χ1v) is 9.68. The number of hydrogen-bond acceptors (Lipinski definition) is 5. The minimum absolute atomic E-state index is 0.404. The number of sulfonamides is 1.